The summed E-state index contributed by atoms with van der Waals surface area (Å²) in [5.74, 6) is -0.407. The van der Waals surface area contributed by atoms with E-state index in [1.54, 1.807) is 12.3 Å². The molecule has 0 saturated carbocycles. The number of rotatable bonds is 5. The number of piperidine rings is 1. The van der Waals surface area contributed by atoms with E-state index in [-0.39, 0.29) is 11.1 Å². The number of hydrogen-bond donors (Lipinski definition) is 1. The Balaban J connectivity index is 1.40. The number of benzene rings is 1. The van der Waals surface area contributed by atoms with E-state index in [1.165, 1.54) is 48.5 Å². The van der Waals surface area contributed by atoms with Gasteiger partial charge in [0.2, 0.25) is 0 Å². The van der Waals surface area contributed by atoms with Gasteiger partial charge in [0.25, 0.3) is 11.5 Å². The summed E-state index contributed by atoms with van der Waals surface area (Å²) in [5, 5.41) is 2.83. The fourth-order valence-corrected chi connectivity index (χ4v) is 3.75. The molecule has 1 aliphatic heterocycles. The molecule has 1 saturated heterocycles. The molecule has 6 nitrogen and oxygen atoms in total. The summed E-state index contributed by atoms with van der Waals surface area (Å²) >= 11 is 0. The molecule has 0 unspecified atom stereocenters. The summed E-state index contributed by atoms with van der Waals surface area (Å²) in [7, 11) is 0. The van der Waals surface area contributed by atoms with E-state index < -0.39 is 5.91 Å². The van der Waals surface area contributed by atoms with Crippen molar-refractivity contribution in [1.29, 1.82) is 0 Å². The second-order valence-corrected chi connectivity index (χ2v) is 7.75. The quantitative estimate of drug-likeness (QED) is 0.727. The molecule has 0 aliphatic carbocycles. The van der Waals surface area contributed by atoms with Crippen molar-refractivity contribution in [3.63, 3.8) is 0 Å². The van der Waals surface area contributed by atoms with E-state index in [9.17, 15) is 9.59 Å². The Morgan fingerprint density at radius 1 is 1.03 bits per heavy atom. The molecule has 150 valence electrons. The van der Waals surface area contributed by atoms with Crippen molar-refractivity contribution in [2.45, 2.75) is 39.3 Å². The molecule has 0 spiro atoms. The SMILES string of the molecule is Cc1ccc2ncc(C(=O)NCc3ccc(CN4CCCCC4)cc3)c(=O)n2c1. The van der Waals surface area contributed by atoms with E-state index >= 15 is 0 Å². The molecule has 1 N–H and O–H groups in total. The Labute approximate surface area is 170 Å². The highest BCUT2D eigenvalue weighted by Crippen LogP contribution is 2.13. The second-order valence-electron chi connectivity index (χ2n) is 7.75. The van der Waals surface area contributed by atoms with Crippen molar-refractivity contribution < 1.29 is 4.79 Å². The zero-order chi connectivity index (χ0) is 20.2. The fraction of sp³-hybridized carbons (Fsp3) is 0.348. The molecular weight excluding hydrogens is 364 g/mol. The van der Waals surface area contributed by atoms with Gasteiger partial charge in [-0.3, -0.25) is 18.9 Å². The van der Waals surface area contributed by atoms with Crippen LogP contribution in [0.1, 0.15) is 46.3 Å². The van der Waals surface area contributed by atoms with Crippen molar-refractivity contribution in [3.05, 3.63) is 81.4 Å². The first-order valence-electron chi connectivity index (χ1n) is 10.2. The second kappa shape index (κ2) is 8.57. The molecule has 2 aromatic heterocycles. The Morgan fingerprint density at radius 3 is 2.52 bits per heavy atom. The summed E-state index contributed by atoms with van der Waals surface area (Å²) in [6, 6.07) is 12.0. The molecule has 1 aliphatic rings. The van der Waals surface area contributed by atoms with Crippen molar-refractivity contribution >= 4 is 11.6 Å². The highest BCUT2D eigenvalue weighted by molar-refractivity contribution is 5.93. The molecule has 0 bridgehead atoms. The minimum Gasteiger partial charge on any atom is -0.348 e. The zero-order valence-electron chi connectivity index (χ0n) is 16.7. The van der Waals surface area contributed by atoms with Crippen molar-refractivity contribution in [2.24, 2.45) is 0 Å². The van der Waals surface area contributed by atoms with Crippen LogP contribution >= 0.6 is 0 Å². The number of carbonyl (C=O) groups excluding carboxylic acids is 1. The van der Waals surface area contributed by atoms with E-state index in [1.807, 2.05) is 25.1 Å². The Kier molecular flexibility index (Phi) is 5.71. The van der Waals surface area contributed by atoms with Crippen LogP contribution in [0.4, 0.5) is 0 Å². The molecule has 29 heavy (non-hydrogen) atoms. The van der Waals surface area contributed by atoms with Crippen LogP contribution in [0.15, 0.2) is 53.6 Å². The minimum absolute atomic E-state index is 0.0508. The molecule has 6 heteroatoms. The van der Waals surface area contributed by atoms with Crippen LogP contribution in [0.5, 0.6) is 0 Å². The van der Waals surface area contributed by atoms with Gasteiger partial charge in [0.05, 0.1) is 0 Å². The van der Waals surface area contributed by atoms with Crippen LogP contribution in [0.2, 0.25) is 0 Å². The lowest BCUT2D eigenvalue weighted by molar-refractivity contribution is 0.0949. The normalized spacial score (nSPS) is 14.8. The standard InChI is InChI=1S/C23H26N4O2/c1-17-5-10-21-24-14-20(23(29)27(21)15-17)22(28)25-13-18-6-8-19(9-7-18)16-26-11-3-2-4-12-26/h5-10,14-15H,2-4,11-13,16H2,1H3,(H,25,28). The molecule has 3 aromatic rings. The first kappa shape index (κ1) is 19.3. The molecule has 0 radical (unpaired) electrons. The molecule has 0 atom stereocenters. The third-order valence-electron chi connectivity index (χ3n) is 5.43. The van der Waals surface area contributed by atoms with Gasteiger partial charge in [-0.2, -0.15) is 0 Å². The minimum atomic E-state index is -0.407. The number of carbonyl (C=O) groups is 1. The van der Waals surface area contributed by atoms with Gasteiger partial charge in [-0.1, -0.05) is 36.8 Å². The van der Waals surface area contributed by atoms with Gasteiger partial charge in [-0.05, 0) is 55.6 Å². The van der Waals surface area contributed by atoms with Gasteiger partial charge in [0, 0.05) is 25.5 Å². The summed E-state index contributed by atoms with van der Waals surface area (Å²) in [5.41, 5.74) is 3.45. The summed E-state index contributed by atoms with van der Waals surface area (Å²) in [6.07, 6.45) is 6.96. The maximum Gasteiger partial charge on any atom is 0.270 e. The number of fused-ring (bicyclic) bond motifs is 1. The number of hydrogen-bond acceptors (Lipinski definition) is 4. The topological polar surface area (TPSA) is 66.7 Å². The predicted molar refractivity (Wildman–Crippen MR) is 113 cm³/mol. The van der Waals surface area contributed by atoms with Crippen LogP contribution in [0, 0.1) is 6.92 Å². The number of amides is 1. The lowest BCUT2D eigenvalue weighted by atomic mass is 10.1. The third kappa shape index (κ3) is 4.54. The summed E-state index contributed by atoms with van der Waals surface area (Å²) < 4.78 is 1.42. The fourth-order valence-electron chi connectivity index (χ4n) is 3.75. The number of likely N-dealkylation sites (tertiary alicyclic amines) is 1. The largest absolute Gasteiger partial charge is 0.348 e. The first-order valence-corrected chi connectivity index (χ1v) is 10.2. The van der Waals surface area contributed by atoms with E-state index in [2.05, 4.69) is 27.3 Å². The predicted octanol–water partition coefficient (Wildman–Crippen LogP) is 2.92. The van der Waals surface area contributed by atoms with Crippen LogP contribution in [0.3, 0.4) is 0 Å². The van der Waals surface area contributed by atoms with Crippen molar-refractivity contribution in [3.8, 4) is 0 Å². The van der Waals surface area contributed by atoms with Gasteiger partial charge in [0.15, 0.2) is 0 Å². The van der Waals surface area contributed by atoms with Crippen molar-refractivity contribution in [2.75, 3.05) is 13.1 Å². The Bertz CT molecular complexity index is 1070. The summed E-state index contributed by atoms with van der Waals surface area (Å²) in [6.45, 7) is 5.59. The maximum atomic E-state index is 12.6. The van der Waals surface area contributed by atoms with Gasteiger partial charge >= 0.3 is 0 Å². The van der Waals surface area contributed by atoms with Crippen LogP contribution in [-0.2, 0) is 13.1 Å². The molecule has 3 heterocycles. The molecule has 4 rings (SSSR count). The lowest BCUT2D eigenvalue weighted by Gasteiger charge is -2.26. The van der Waals surface area contributed by atoms with Gasteiger partial charge in [-0.15, -0.1) is 0 Å². The average molecular weight is 390 g/mol. The van der Waals surface area contributed by atoms with E-state index in [0.717, 1.165) is 17.7 Å². The number of pyridine rings is 1. The average Bonchev–Trinajstić information content (AvgIpc) is 2.74. The molecular formula is C23H26N4O2. The van der Waals surface area contributed by atoms with Crippen LogP contribution in [0.25, 0.3) is 5.65 Å². The Hall–Kier alpha value is -2.99. The smallest absolute Gasteiger partial charge is 0.270 e. The third-order valence-corrected chi connectivity index (χ3v) is 5.43. The van der Waals surface area contributed by atoms with Crippen LogP contribution in [-0.4, -0.2) is 33.3 Å². The number of nitrogens with one attached hydrogen (secondary N) is 1. The van der Waals surface area contributed by atoms with Crippen molar-refractivity contribution in [1.82, 2.24) is 19.6 Å². The lowest BCUT2D eigenvalue weighted by Crippen LogP contribution is -2.31. The number of aryl methyl sites for hydroxylation is 1. The Morgan fingerprint density at radius 2 is 1.76 bits per heavy atom. The molecule has 1 amide bonds. The van der Waals surface area contributed by atoms with Crippen LogP contribution < -0.4 is 10.9 Å². The molecule has 1 aromatic carbocycles. The number of nitrogens with zero attached hydrogens (tertiary/aromatic N) is 3. The van der Waals surface area contributed by atoms with Gasteiger partial charge in [0.1, 0.15) is 11.2 Å². The van der Waals surface area contributed by atoms with Gasteiger partial charge in [-0.25, -0.2) is 4.98 Å². The number of aromatic nitrogens is 2. The van der Waals surface area contributed by atoms with E-state index in [4.69, 9.17) is 0 Å². The highest BCUT2D eigenvalue weighted by Gasteiger charge is 2.14. The highest BCUT2D eigenvalue weighted by atomic mass is 16.2. The summed E-state index contributed by atoms with van der Waals surface area (Å²) in [4.78, 5) is 31.9. The van der Waals surface area contributed by atoms with Gasteiger partial charge < -0.3 is 5.32 Å². The first-order chi connectivity index (χ1) is 14.1. The van der Waals surface area contributed by atoms with E-state index in [0.29, 0.717) is 12.2 Å². The maximum absolute atomic E-state index is 12.6. The zero-order valence-corrected chi connectivity index (χ0v) is 16.7. The molecule has 1 fully saturated rings. The monoisotopic (exact) mass is 390 g/mol.